The van der Waals surface area contributed by atoms with Gasteiger partial charge in [-0.05, 0) is 139 Å². The minimum atomic E-state index is 0.0123. The minimum Gasteiger partial charge on any atom is -0.490 e. The molecule has 0 bridgehead atoms. The van der Waals surface area contributed by atoms with Crippen LogP contribution < -0.4 is 19.3 Å². The lowest BCUT2D eigenvalue weighted by Gasteiger charge is -2.26. The predicted octanol–water partition coefficient (Wildman–Crippen LogP) is 10.5. The number of aliphatic hydroxyl groups is 1. The summed E-state index contributed by atoms with van der Waals surface area (Å²) < 4.78 is 12.1. The molecule has 0 aliphatic heterocycles. The Morgan fingerprint density at radius 3 is 1.06 bits per heavy atom. The van der Waals surface area contributed by atoms with Gasteiger partial charge in [0, 0.05) is 39.7 Å². The molecule has 252 valence electrons. The van der Waals surface area contributed by atoms with E-state index in [4.69, 9.17) is 9.47 Å². The Labute approximate surface area is 294 Å². The van der Waals surface area contributed by atoms with Crippen LogP contribution in [0.15, 0.2) is 146 Å². The SMILES string of the molecule is CCc1ccc(N(c2ccc(C=O)cc2)c2ccc(OCCOc3ccc(N(c4ccc(CC)cc4)c4ccc(CO)cc4)cc3)cc2)cc1. The summed E-state index contributed by atoms with van der Waals surface area (Å²) in [5, 5.41) is 9.53. The molecule has 0 fully saturated rings. The Hall–Kier alpha value is -5.85. The second kappa shape index (κ2) is 16.5. The van der Waals surface area contributed by atoms with Crippen molar-refractivity contribution >= 4 is 40.4 Å². The lowest BCUT2D eigenvalue weighted by molar-refractivity contribution is 0.112. The number of aryl methyl sites for hydroxylation is 2. The van der Waals surface area contributed by atoms with Gasteiger partial charge in [-0.1, -0.05) is 50.2 Å². The fourth-order valence-electron chi connectivity index (χ4n) is 5.81. The molecule has 0 heterocycles. The van der Waals surface area contributed by atoms with E-state index in [1.54, 1.807) is 0 Å². The highest BCUT2D eigenvalue weighted by Crippen LogP contribution is 2.37. The maximum Gasteiger partial charge on any atom is 0.150 e. The van der Waals surface area contributed by atoms with Crippen LogP contribution in [0.4, 0.5) is 34.1 Å². The fourth-order valence-corrected chi connectivity index (χ4v) is 5.81. The van der Waals surface area contributed by atoms with Crippen LogP contribution in [0.3, 0.4) is 0 Å². The summed E-state index contributed by atoms with van der Waals surface area (Å²) in [5.74, 6) is 1.51. The third-order valence-corrected chi connectivity index (χ3v) is 8.68. The number of rotatable bonds is 15. The maximum atomic E-state index is 11.2. The third kappa shape index (κ3) is 8.23. The molecular weight excluding hydrogens is 620 g/mol. The number of anilines is 6. The fraction of sp³-hybridized carbons (Fsp3) is 0.159. The van der Waals surface area contributed by atoms with Crippen molar-refractivity contribution in [2.45, 2.75) is 33.3 Å². The first kappa shape index (κ1) is 34.0. The van der Waals surface area contributed by atoms with E-state index < -0.39 is 0 Å². The van der Waals surface area contributed by atoms with Crippen molar-refractivity contribution in [2.75, 3.05) is 23.0 Å². The lowest BCUT2D eigenvalue weighted by atomic mass is 10.1. The van der Waals surface area contributed by atoms with E-state index in [2.05, 4.69) is 84.3 Å². The molecule has 0 saturated carbocycles. The minimum absolute atomic E-state index is 0.0123. The topological polar surface area (TPSA) is 62.2 Å². The number of carbonyl (C=O) groups is 1. The van der Waals surface area contributed by atoms with E-state index in [0.717, 1.165) is 70.3 Å². The summed E-state index contributed by atoms with van der Waals surface area (Å²) in [7, 11) is 0. The number of ether oxygens (including phenoxy) is 2. The first-order valence-corrected chi connectivity index (χ1v) is 17.1. The van der Waals surface area contributed by atoms with Crippen LogP contribution in [0.1, 0.15) is 40.9 Å². The molecule has 0 spiro atoms. The standard InChI is InChI=1S/C44H42N2O4/c1-3-33-5-13-37(14-6-33)45(39-17-9-35(31-47)10-18-39)41-21-25-43(26-22-41)49-29-30-50-44-27-23-42(24-28-44)46(38-15-7-34(4-2)8-16-38)40-19-11-36(32-48)12-20-40/h5-28,31,48H,3-4,29-30,32H2,1-2H3. The van der Waals surface area contributed by atoms with Crippen LogP contribution in [-0.2, 0) is 19.4 Å². The summed E-state index contributed by atoms with van der Waals surface area (Å²) in [5.41, 5.74) is 10.1. The van der Waals surface area contributed by atoms with Gasteiger partial charge in [-0.3, -0.25) is 4.79 Å². The van der Waals surface area contributed by atoms with Gasteiger partial charge in [-0.2, -0.15) is 0 Å². The van der Waals surface area contributed by atoms with E-state index in [0.29, 0.717) is 18.8 Å². The smallest absolute Gasteiger partial charge is 0.150 e. The molecule has 6 aromatic carbocycles. The molecule has 0 aromatic heterocycles. The van der Waals surface area contributed by atoms with E-state index in [1.807, 2.05) is 84.9 Å². The Bertz CT molecular complexity index is 1890. The third-order valence-electron chi connectivity index (χ3n) is 8.68. The molecule has 0 aliphatic carbocycles. The number of nitrogens with zero attached hydrogens (tertiary/aromatic N) is 2. The highest BCUT2D eigenvalue weighted by atomic mass is 16.5. The Balaban J connectivity index is 1.09. The van der Waals surface area contributed by atoms with Crippen molar-refractivity contribution in [3.8, 4) is 11.5 Å². The number of aliphatic hydroxyl groups excluding tert-OH is 1. The zero-order valence-corrected chi connectivity index (χ0v) is 28.5. The van der Waals surface area contributed by atoms with Gasteiger partial charge in [-0.25, -0.2) is 0 Å². The van der Waals surface area contributed by atoms with Crippen LogP contribution >= 0.6 is 0 Å². The van der Waals surface area contributed by atoms with Crippen molar-refractivity contribution in [2.24, 2.45) is 0 Å². The molecule has 1 N–H and O–H groups in total. The van der Waals surface area contributed by atoms with Crippen LogP contribution in [-0.4, -0.2) is 24.6 Å². The van der Waals surface area contributed by atoms with E-state index in [-0.39, 0.29) is 6.61 Å². The molecule has 6 rings (SSSR count). The average Bonchev–Trinajstić information content (AvgIpc) is 3.19. The summed E-state index contributed by atoms with van der Waals surface area (Å²) in [6.07, 6.45) is 2.82. The highest BCUT2D eigenvalue weighted by Gasteiger charge is 2.14. The zero-order chi connectivity index (χ0) is 34.7. The number of aldehydes is 1. The Morgan fingerprint density at radius 1 is 0.460 bits per heavy atom. The van der Waals surface area contributed by atoms with Gasteiger partial charge in [0.15, 0.2) is 0 Å². The second-order valence-corrected chi connectivity index (χ2v) is 11.9. The van der Waals surface area contributed by atoms with Crippen molar-refractivity contribution < 1.29 is 19.4 Å². The predicted molar refractivity (Wildman–Crippen MR) is 203 cm³/mol. The molecule has 6 aromatic rings. The first-order chi connectivity index (χ1) is 24.6. The van der Waals surface area contributed by atoms with Crippen LogP contribution in [0.2, 0.25) is 0 Å². The summed E-state index contributed by atoms with van der Waals surface area (Å²) in [4.78, 5) is 15.6. The number of carbonyl (C=O) groups excluding carboxylic acids is 1. The monoisotopic (exact) mass is 662 g/mol. The number of benzene rings is 6. The van der Waals surface area contributed by atoms with Gasteiger partial charge < -0.3 is 24.4 Å². The largest absolute Gasteiger partial charge is 0.490 e. The van der Waals surface area contributed by atoms with E-state index in [1.165, 1.54) is 11.1 Å². The number of hydrogen-bond acceptors (Lipinski definition) is 6. The van der Waals surface area contributed by atoms with Gasteiger partial charge in [0.25, 0.3) is 0 Å². The van der Waals surface area contributed by atoms with Crippen LogP contribution in [0, 0.1) is 0 Å². The van der Waals surface area contributed by atoms with Crippen LogP contribution in [0.5, 0.6) is 11.5 Å². The van der Waals surface area contributed by atoms with Gasteiger partial charge >= 0.3 is 0 Å². The maximum absolute atomic E-state index is 11.2. The molecule has 50 heavy (non-hydrogen) atoms. The van der Waals surface area contributed by atoms with Crippen molar-refractivity contribution in [3.05, 3.63) is 168 Å². The summed E-state index contributed by atoms with van der Waals surface area (Å²) in [6, 6.07) is 48.7. The van der Waals surface area contributed by atoms with Gasteiger partial charge in [0.1, 0.15) is 31.0 Å². The zero-order valence-electron chi connectivity index (χ0n) is 28.5. The number of hydrogen-bond donors (Lipinski definition) is 1. The highest BCUT2D eigenvalue weighted by molar-refractivity contribution is 5.80. The van der Waals surface area contributed by atoms with Crippen LogP contribution in [0.25, 0.3) is 0 Å². The first-order valence-electron chi connectivity index (χ1n) is 17.1. The summed E-state index contributed by atoms with van der Waals surface area (Å²) >= 11 is 0. The molecule has 6 nitrogen and oxygen atoms in total. The molecule has 0 atom stereocenters. The van der Waals surface area contributed by atoms with Gasteiger partial charge in [0.2, 0.25) is 0 Å². The molecule has 0 radical (unpaired) electrons. The molecular formula is C44H42N2O4. The average molecular weight is 663 g/mol. The second-order valence-electron chi connectivity index (χ2n) is 11.9. The molecule has 0 aliphatic rings. The molecule has 0 saturated heterocycles. The molecule has 0 amide bonds. The van der Waals surface area contributed by atoms with Crippen molar-refractivity contribution in [1.82, 2.24) is 0 Å². The quantitative estimate of drug-likeness (QED) is 0.0872. The lowest BCUT2D eigenvalue weighted by Crippen LogP contribution is -2.11. The normalized spacial score (nSPS) is 10.8. The van der Waals surface area contributed by atoms with Crippen molar-refractivity contribution in [3.63, 3.8) is 0 Å². The Morgan fingerprint density at radius 2 is 0.760 bits per heavy atom. The van der Waals surface area contributed by atoms with Crippen molar-refractivity contribution in [1.29, 1.82) is 0 Å². The van der Waals surface area contributed by atoms with E-state index >= 15 is 0 Å². The van der Waals surface area contributed by atoms with Gasteiger partial charge in [0.05, 0.1) is 6.61 Å². The summed E-state index contributed by atoms with van der Waals surface area (Å²) in [6.45, 7) is 5.10. The van der Waals surface area contributed by atoms with E-state index in [9.17, 15) is 9.90 Å². The molecule has 0 unspecified atom stereocenters. The Kier molecular flexibility index (Phi) is 11.2. The molecule has 6 heteroatoms. The van der Waals surface area contributed by atoms with Gasteiger partial charge in [-0.15, -0.1) is 0 Å².